The van der Waals surface area contributed by atoms with E-state index in [1.807, 2.05) is 16.8 Å². The van der Waals surface area contributed by atoms with Crippen molar-refractivity contribution in [2.45, 2.75) is 25.9 Å². The van der Waals surface area contributed by atoms with E-state index in [0.29, 0.717) is 23.6 Å². The summed E-state index contributed by atoms with van der Waals surface area (Å²) in [5, 5.41) is 6.65. The van der Waals surface area contributed by atoms with Crippen molar-refractivity contribution >= 4 is 28.9 Å². The smallest absolute Gasteiger partial charge is 0.306 e. The summed E-state index contributed by atoms with van der Waals surface area (Å²) in [6, 6.07) is 7.06. The number of ether oxygens (including phenoxy) is 3. The van der Waals surface area contributed by atoms with Crippen molar-refractivity contribution in [2.24, 2.45) is 0 Å². The summed E-state index contributed by atoms with van der Waals surface area (Å²) in [6.07, 6.45) is -0.0117. The Kier molecular flexibility index (Phi) is 5.00. The fourth-order valence-corrected chi connectivity index (χ4v) is 2.91. The average Bonchev–Trinajstić information content (AvgIpc) is 3.23. The van der Waals surface area contributed by atoms with Gasteiger partial charge in [0, 0.05) is 18.2 Å². The van der Waals surface area contributed by atoms with Crippen molar-refractivity contribution in [1.82, 2.24) is 0 Å². The number of anilines is 1. The predicted octanol–water partition coefficient (Wildman–Crippen LogP) is 2.98. The van der Waals surface area contributed by atoms with Crippen molar-refractivity contribution in [2.75, 3.05) is 12.1 Å². The Morgan fingerprint density at radius 2 is 2.12 bits per heavy atom. The Morgan fingerprint density at radius 1 is 1.29 bits per heavy atom. The number of hydrogen-bond acceptors (Lipinski definition) is 6. The van der Waals surface area contributed by atoms with Gasteiger partial charge < -0.3 is 19.5 Å². The van der Waals surface area contributed by atoms with Gasteiger partial charge in [0.1, 0.15) is 0 Å². The number of benzene rings is 1. The van der Waals surface area contributed by atoms with Crippen LogP contribution >= 0.6 is 11.3 Å². The number of nitrogens with one attached hydrogen (secondary N) is 1. The minimum atomic E-state index is -0.870. The van der Waals surface area contributed by atoms with Crippen molar-refractivity contribution in [3.63, 3.8) is 0 Å². The second-order valence-electron chi connectivity index (χ2n) is 5.32. The van der Waals surface area contributed by atoms with Gasteiger partial charge in [-0.2, -0.15) is 11.3 Å². The maximum Gasteiger partial charge on any atom is 0.306 e. The molecule has 0 bridgehead atoms. The van der Waals surface area contributed by atoms with Gasteiger partial charge in [-0.15, -0.1) is 0 Å². The highest BCUT2D eigenvalue weighted by Crippen LogP contribution is 2.34. The number of fused-ring (bicyclic) bond motifs is 1. The minimum Gasteiger partial charge on any atom is -0.454 e. The Hall–Kier alpha value is -2.54. The minimum absolute atomic E-state index is 0.172. The van der Waals surface area contributed by atoms with E-state index < -0.39 is 18.0 Å². The lowest BCUT2D eigenvalue weighted by Gasteiger charge is -2.13. The standard InChI is InChI=1S/C17H17NO5S/c1-11(23-16(19)5-2-12-6-7-24-9-12)17(20)18-13-3-4-14-15(8-13)22-10-21-14/h3-4,6-9,11H,2,5,10H2,1H3,(H,18,20)/t11-/m0/s1. The molecule has 7 heteroatoms. The molecule has 0 aliphatic carbocycles. The molecule has 1 aromatic heterocycles. The summed E-state index contributed by atoms with van der Waals surface area (Å²) < 4.78 is 15.6. The molecule has 0 radical (unpaired) electrons. The number of carbonyl (C=O) groups excluding carboxylic acids is 2. The summed E-state index contributed by atoms with van der Waals surface area (Å²) in [4.78, 5) is 23.9. The molecule has 0 spiro atoms. The number of amides is 1. The normalized spacial score (nSPS) is 13.4. The van der Waals surface area contributed by atoms with E-state index in [1.54, 1.807) is 36.5 Å². The van der Waals surface area contributed by atoms with Crippen molar-refractivity contribution in [1.29, 1.82) is 0 Å². The first kappa shape index (κ1) is 16.3. The molecule has 1 atom stereocenters. The molecule has 1 aliphatic rings. The zero-order valence-electron chi connectivity index (χ0n) is 13.1. The SMILES string of the molecule is C[C@H](OC(=O)CCc1ccsc1)C(=O)Nc1ccc2c(c1)OCO2. The molecule has 6 nitrogen and oxygen atoms in total. The zero-order valence-corrected chi connectivity index (χ0v) is 13.9. The van der Waals surface area contributed by atoms with Gasteiger partial charge in [-0.1, -0.05) is 0 Å². The third kappa shape index (κ3) is 4.05. The van der Waals surface area contributed by atoms with Crippen molar-refractivity contribution in [3.8, 4) is 11.5 Å². The van der Waals surface area contributed by atoms with E-state index in [-0.39, 0.29) is 13.2 Å². The fraction of sp³-hybridized carbons (Fsp3) is 0.294. The molecule has 0 fully saturated rings. The van der Waals surface area contributed by atoms with Gasteiger partial charge in [0.2, 0.25) is 6.79 Å². The van der Waals surface area contributed by atoms with Gasteiger partial charge in [0.15, 0.2) is 17.6 Å². The monoisotopic (exact) mass is 347 g/mol. The molecule has 126 valence electrons. The van der Waals surface area contributed by atoms with Crippen LogP contribution in [0.1, 0.15) is 18.9 Å². The van der Waals surface area contributed by atoms with Crippen LogP contribution in [0.3, 0.4) is 0 Å². The van der Waals surface area contributed by atoms with Crippen LogP contribution in [0.4, 0.5) is 5.69 Å². The highest BCUT2D eigenvalue weighted by molar-refractivity contribution is 7.07. The van der Waals surface area contributed by atoms with Crippen molar-refractivity contribution in [3.05, 3.63) is 40.6 Å². The fourth-order valence-electron chi connectivity index (χ4n) is 2.21. The molecule has 0 unspecified atom stereocenters. The molecule has 3 rings (SSSR count). The van der Waals surface area contributed by atoms with Crippen LogP contribution in [-0.4, -0.2) is 24.8 Å². The maximum absolute atomic E-state index is 12.1. The van der Waals surface area contributed by atoms with Crippen LogP contribution in [-0.2, 0) is 20.7 Å². The number of rotatable bonds is 6. The van der Waals surface area contributed by atoms with Crippen LogP contribution in [0.25, 0.3) is 0 Å². The molecule has 1 aliphatic heterocycles. The van der Waals surface area contributed by atoms with Gasteiger partial charge in [-0.25, -0.2) is 0 Å². The third-order valence-electron chi connectivity index (χ3n) is 3.52. The molecule has 0 saturated heterocycles. The zero-order chi connectivity index (χ0) is 16.9. The quantitative estimate of drug-likeness (QED) is 0.813. The topological polar surface area (TPSA) is 73.9 Å². The summed E-state index contributed by atoms with van der Waals surface area (Å²) in [6.45, 7) is 1.72. The summed E-state index contributed by atoms with van der Waals surface area (Å²) >= 11 is 1.58. The van der Waals surface area contributed by atoms with E-state index in [2.05, 4.69) is 5.32 Å². The van der Waals surface area contributed by atoms with Gasteiger partial charge in [-0.3, -0.25) is 9.59 Å². The second-order valence-corrected chi connectivity index (χ2v) is 6.10. The third-order valence-corrected chi connectivity index (χ3v) is 4.25. The highest BCUT2D eigenvalue weighted by Gasteiger charge is 2.19. The Morgan fingerprint density at radius 3 is 2.92 bits per heavy atom. The summed E-state index contributed by atoms with van der Waals surface area (Å²) in [7, 11) is 0. The average molecular weight is 347 g/mol. The number of esters is 1. The lowest BCUT2D eigenvalue weighted by molar-refractivity contribution is -0.153. The van der Waals surface area contributed by atoms with Crippen molar-refractivity contribution < 1.29 is 23.8 Å². The Labute approximate surface area is 143 Å². The number of carbonyl (C=O) groups is 2. The molecule has 1 aromatic carbocycles. The molecule has 2 heterocycles. The number of aryl methyl sites for hydroxylation is 1. The van der Waals surface area contributed by atoms with E-state index in [1.165, 1.54) is 0 Å². The molecular formula is C17H17NO5S. The summed E-state index contributed by atoms with van der Waals surface area (Å²) in [5.41, 5.74) is 1.65. The lowest BCUT2D eigenvalue weighted by Crippen LogP contribution is -2.30. The van der Waals surface area contributed by atoms with Gasteiger partial charge in [0.25, 0.3) is 5.91 Å². The molecular weight excluding hydrogens is 330 g/mol. The first-order chi connectivity index (χ1) is 11.6. The van der Waals surface area contributed by atoms with E-state index in [0.717, 1.165) is 5.56 Å². The van der Waals surface area contributed by atoms with Crippen LogP contribution in [0.2, 0.25) is 0 Å². The molecule has 1 amide bonds. The maximum atomic E-state index is 12.1. The molecule has 2 aromatic rings. The second kappa shape index (κ2) is 7.35. The van der Waals surface area contributed by atoms with E-state index >= 15 is 0 Å². The lowest BCUT2D eigenvalue weighted by atomic mass is 10.2. The first-order valence-corrected chi connectivity index (χ1v) is 8.47. The van der Waals surface area contributed by atoms with Gasteiger partial charge in [0.05, 0.1) is 0 Å². The molecule has 24 heavy (non-hydrogen) atoms. The van der Waals surface area contributed by atoms with Gasteiger partial charge in [-0.05, 0) is 47.9 Å². The largest absolute Gasteiger partial charge is 0.454 e. The predicted molar refractivity (Wildman–Crippen MR) is 89.4 cm³/mol. The number of thiophene rings is 1. The molecule has 1 N–H and O–H groups in total. The Balaban J connectivity index is 1.48. The van der Waals surface area contributed by atoms with Gasteiger partial charge >= 0.3 is 5.97 Å². The Bertz CT molecular complexity index is 729. The van der Waals surface area contributed by atoms with Crippen LogP contribution in [0.5, 0.6) is 11.5 Å². The van der Waals surface area contributed by atoms with E-state index in [4.69, 9.17) is 14.2 Å². The van der Waals surface area contributed by atoms with Crippen LogP contribution < -0.4 is 14.8 Å². The highest BCUT2D eigenvalue weighted by atomic mass is 32.1. The summed E-state index contributed by atoms with van der Waals surface area (Å²) in [5.74, 6) is 0.432. The van der Waals surface area contributed by atoms with Crippen LogP contribution in [0.15, 0.2) is 35.0 Å². The number of hydrogen-bond donors (Lipinski definition) is 1. The van der Waals surface area contributed by atoms with Crippen LogP contribution in [0, 0.1) is 0 Å². The first-order valence-electron chi connectivity index (χ1n) is 7.53. The van der Waals surface area contributed by atoms with E-state index in [9.17, 15) is 9.59 Å². The molecule has 0 saturated carbocycles.